The number of amides is 2. The number of hydrogen-bond acceptors (Lipinski definition) is 4. The molecule has 1 fully saturated rings. The lowest BCUT2D eigenvalue weighted by Crippen LogP contribution is -2.22. The van der Waals surface area contributed by atoms with Gasteiger partial charge in [0, 0.05) is 7.05 Å². The highest BCUT2D eigenvalue weighted by Crippen LogP contribution is 2.36. The second kappa shape index (κ2) is 8.14. The van der Waals surface area contributed by atoms with Crippen LogP contribution >= 0.6 is 50.3 Å². The highest BCUT2D eigenvalue weighted by molar-refractivity contribution is 14.1. The van der Waals surface area contributed by atoms with Crippen molar-refractivity contribution in [3.05, 3.63) is 66.0 Å². The molecule has 0 bridgehead atoms. The predicted octanol–water partition coefficient (Wildman–Crippen LogP) is 5.61. The molecule has 1 aliphatic rings. The van der Waals surface area contributed by atoms with Crippen LogP contribution in [0.2, 0.25) is 0 Å². The van der Waals surface area contributed by atoms with Crippen LogP contribution < -0.4 is 4.74 Å². The van der Waals surface area contributed by atoms with Crippen LogP contribution in [0.15, 0.2) is 45.8 Å². The lowest BCUT2D eigenvalue weighted by molar-refractivity contribution is -0.121. The summed E-state index contributed by atoms with van der Waals surface area (Å²) in [6, 6.07) is 12.0. The van der Waals surface area contributed by atoms with Gasteiger partial charge in [0.15, 0.2) is 0 Å². The Bertz CT molecular complexity index is 906. The zero-order chi connectivity index (χ0) is 18.8. The molecule has 1 aliphatic heterocycles. The van der Waals surface area contributed by atoms with Gasteiger partial charge in [-0.25, -0.2) is 0 Å². The summed E-state index contributed by atoms with van der Waals surface area (Å²) in [5.74, 6) is 0.485. The minimum absolute atomic E-state index is 0.256. The van der Waals surface area contributed by atoms with Crippen LogP contribution in [-0.4, -0.2) is 23.1 Å². The number of rotatable bonds is 4. The van der Waals surface area contributed by atoms with E-state index in [1.54, 1.807) is 6.08 Å². The molecule has 2 aromatic rings. The van der Waals surface area contributed by atoms with Gasteiger partial charge in [-0.15, -0.1) is 0 Å². The third kappa shape index (κ3) is 4.32. The van der Waals surface area contributed by atoms with Gasteiger partial charge in [-0.1, -0.05) is 29.8 Å². The number of nitrogens with zero attached hydrogens (tertiary/aromatic N) is 1. The molecule has 0 atom stereocenters. The standard InChI is InChI=1S/C19H15BrINO3S/c1-11-4-3-5-12(6-11)10-25-17-14(20)7-13(8-15(17)21)9-16-18(23)22(2)19(24)26-16/h3-9H,10H2,1-2H3/b16-9-. The number of halogens is 2. The zero-order valence-electron chi connectivity index (χ0n) is 14.1. The van der Waals surface area contributed by atoms with E-state index in [0.29, 0.717) is 11.5 Å². The van der Waals surface area contributed by atoms with Gasteiger partial charge in [-0.2, -0.15) is 0 Å². The third-order valence-corrected chi connectivity index (χ3v) is 6.12. The quantitative estimate of drug-likeness (QED) is 0.371. The SMILES string of the molecule is Cc1cccc(COc2c(Br)cc(/C=C3\SC(=O)N(C)C3=O)cc2I)c1. The molecule has 1 saturated heterocycles. The molecule has 4 nitrogen and oxygen atoms in total. The number of likely N-dealkylation sites (N-methyl/N-ethyl adjacent to an activating group) is 1. The Morgan fingerprint density at radius 3 is 2.65 bits per heavy atom. The third-order valence-electron chi connectivity index (χ3n) is 3.77. The molecule has 3 rings (SSSR count). The summed E-state index contributed by atoms with van der Waals surface area (Å²) >= 11 is 6.70. The van der Waals surface area contributed by atoms with E-state index in [-0.39, 0.29) is 11.1 Å². The van der Waals surface area contributed by atoms with Crippen molar-refractivity contribution < 1.29 is 14.3 Å². The maximum atomic E-state index is 12.0. The molecule has 2 amide bonds. The molecule has 0 unspecified atom stereocenters. The first-order valence-electron chi connectivity index (χ1n) is 7.74. The summed E-state index contributed by atoms with van der Waals surface area (Å²) in [5, 5.41) is -0.256. The Kier molecular flexibility index (Phi) is 6.09. The number of thioether (sulfide) groups is 1. The van der Waals surface area contributed by atoms with Gasteiger partial charge in [0.2, 0.25) is 0 Å². The van der Waals surface area contributed by atoms with Gasteiger partial charge in [0.05, 0.1) is 12.9 Å². The Labute approximate surface area is 178 Å². The van der Waals surface area contributed by atoms with Gasteiger partial charge in [-0.3, -0.25) is 14.5 Å². The molecule has 134 valence electrons. The molecule has 1 heterocycles. The summed E-state index contributed by atoms with van der Waals surface area (Å²) in [5.41, 5.74) is 3.14. The zero-order valence-corrected chi connectivity index (χ0v) is 18.6. The van der Waals surface area contributed by atoms with Crippen molar-refractivity contribution in [1.29, 1.82) is 0 Å². The molecule has 0 spiro atoms. The van der Waals surface area contributed by atoms with E-state index in [9.17, 15) is 9.59 Å². The lowest BCUT2D eigenvalue weighted by Gasteiger charge is -2.12. The average Bonchev–Trinajstić information content (AvgIpc) is 2.81. The van der Waals surface area contributed by atoms with Gasteiger partial charge in [-0.05, 0) is 86.5 Å². The van der Waals surface area contributed by atoms with E-state index >= 15 is 0 Å². The van der Waals surface area contributed by atoms with Crippen LogP contribution in [0, 0.1) is 10.5 Å². The fraction of sp³-hybridized carbons (Fsp3) is 0.158. The van der Waals surface area contributed by atoms with Crippen LogP contribution in [-0.2, 0) is 11.4 Å². The van der Waals surface area contributed by atoms with Crippen LogP contribution in [0.3, 0.4) is 0 Å². The van der Waals surface area contributed by atoms with Gasteiger partial charge in [0.1, 0.15) is 12.4 Å². The van der Waals surface area contributed by atoms with Gasteiger partial charge >= 0.3 is 0 Å². The number of carbonyl (C=O) groups excluding carboxylic acids is 2. The minimum Gasteiger partial charge on any atom is -0.487 e. The second-order valence-corrected chi connectivity index (χ2v) is 8.84. The monoisotopic (exact) mass is 543 g/mol. The van der Waals surface area contributed by atoms with E-state index in [2.05, 4.69) is 57.6 Å². The van der Waals surface area contributed by atoms with Crippen LogP contribution in [0.1, 0.15) is 16.7 Å². The number of aryl methyl sites for hydroxylation is 1. The van der Waals surface area contributed by atoms with Crippen molar-refractivity contribution in [2.45, 2.75) is 13.5 Å². The highest BCUT2D eigenvalue weighted by Gasteiger charge is 2.31. The smallest absolute Gasteiger partial charge is 0.293 e. The first-order valence-corrected chi connectivity index (χ1v) is 10.4. The summed E-state index contributed by atoms with van der Waals surface area (Å²) in [7, 11) is 1.49. The van der Waals surface area contributed by atoms with Crippen LogP contribution in [0.5, 0.6) is 5.75 Å². The van der Waals surface area contributed by atoms with Crippen molar-refractivity contribution in [1.82, 2.24) is 4.90 Å². The molecular formula is C19H15BrINO3S. The van der Waals surface area contributed by atoms with Crippen molar-refractivity contribution in [3.63, 3.8) is 0 Å². The largest absolute Gasteiger partial charge is 0.487 e. The van der Waals surface area contributed by atoms with Crippen molar-refractivity contribution >= 4 is 67.5 Å². The molecule has 0 N–H and O–H groups in total. The van der Waals surface area contributed by atoms with E-state index in [1.165, 1.54) is 12.6 Å². The fourth-order valence-electron chi connectivity index (χ4n) is 2.46. The van der Waals surface area contributed by atoms with Crippen molar-refractivity contribution in [2.24, 2.45) is 0 Å². The Morgan fingerprint density at radius 1 is 1.27 bits per heavy atom. The Balaban J connectivity index is 1.80. The Morgan fingerprint density at radius 2 is 2.04 bits per heavy atom. The second-order valence-electron chi connectivity index (χ2n) is 5.83. The van der Waals surface area contributed by atoms with Crippen molar-refractivity contribution in [2.75, 3.05) is 7.05 Å². The number of hydrogen-bond donors (Lipinski definition) is 0. The van der Waals surface area contributed by atoms with Gasteiger partial charge in [0.25, 0.3) is 11.1 Å². The normalized spacial score (nSPS) is 15.8. The predicted molar refractivity (Wildman–Crippen MR) is 116 cm³/mol. The lowest BCUT2D eigenvalue weighted by atomic mass is 10.1. The number of imide groups is 1. The molecule has 0 radical (unpaired) electrons. The van der Waals surface area contributed by atoms with E-state index < -0.39 is 0 Å². The van der Waals surface area contributed by atoms with E-state index in [4.69, 9.17) is 4.74 Å². The van der Waals surface area contributed by atoms with Gasteiger partial charge < -0.3 is 4.74 Å². The molecule has 0 saturated carbocycles. The molecule has 0 aromatic heterocycles. The number of carbonyl (C=O) groups is 2. The van der Waals surface area contributed by atoms with Crippen molar-refractivity contribution in [3.8, 4) is 5.75 Å². The minimum atomic E-state index is -0.272. The maximum absolute atomic E-state index is 12.0. The molecule has 2 aromatic carbocycles. The van der Waals surface area contributed by atoms with Crippen LogP contribution in [0.25, 0.3) is 6.08 Å². The maximum Gasteiger partial charge on any atom is 0.293 e. The highest BCUT2D eigenvalue weighted by atomic mass is 127. The first-order chi connectivity index (χ1) is 12.3. The molecule has 26 heavy (non-hydrogen) atoms. The molecular weight excluding hydrogens is 529 g/mol. The average molecular weight is 544 g/mol. The number of benzene rings is 2. The Hall–Kier alpha value is -1.32. The summed E-state index contributed by atoms with van der Waals surface area (Å²) < 4.78 is 7.71. The molecule has 0 aliphatic carbocycles. The first kappa shape index (κ1) is 19.4. The van der Waals surface area contributed by atoms with Crippen LogP contribution in [0.4, 0.5) is 4.79 Å². The molecule has 7 heteroatoms. The summed E-state index contributed by atoms with van der Waals surface area (Å²) in [6.07, 6.45) is 1.73. The topological polar surface area (TPSA) is 46.6 Å². The fourth-order valence-corrected chi connectivity index (χ4v) is 5.05. The number of ether oxygens (including phenoxy) is 1. The summed E-state index contributed by atoms with van der Waals surface area (Å²) in [6.45, 7) is 2.53. The van der Waals surface area contributed by atoms with E-state index in [0.717, 1.165) is 41.6 Å². The summed E-state index contributed by atoms with van der Waals surface area (Å²) in [4.78, 5) is 25.2. The van der Waals surface area contributed by atoms with E-state index in [1.807, 2.05) is 24.3 Å².